The maximum atomic E-state index is 11.7. The predicted molar refractivity (Wildman–Crippen MR) is 79.3 cm³/mol. The highest BCUT2D eigenvalue weighted by Crippen LogP contribution is 2.45. The van der Waals surface area contributed by atoms with Crippen LogP contribution in [-0.2, 0) is 10.2 Å². The van der Waals surface area contributed by atoms with Gasteiger partial charge < -0.3 is 5.11 Å². The zero-order valence-electron chi connectivity index (χ0n) is 12.7. The summed E-state index contributed by atoms with van der Waals surface area (Å²) in [4.78, 5) is 11.7. The Hall–Kier alpha value is -1.31. The Bertz CT molecular complexity index is 420. The summed E-state index contributed by atoms with van der Waals surface area (Å²) in [5, 5.41) is 9.60. The van der Waals surface area contributed by atoms with E-state index in [1.165, 1.54) is 0 Å². The van der Waals surface area contributed by atoms with Crippen LogP contribution >= 0.6 is 0 Å². The zero-order chi connectivity index (χ0) is 14.7. The lowest BCUT2D eigenvalue weighted by molar-refractivity contribution is -0.151. The molecule has 2 heteroatoms. The Balaban J connectivity index is 3.21. The van der Waals surface area contributed by atoms with Crippen molar-refractivity contribution in [1.82, 2.24) is 0 Å². The first-order valence-corrected chi connectivity index (χ1v) is 7.00. The minimum atomic E-state index is -0.788. The third-order valence-electron chi connectivity index (χ3n) is 4.55. The van der Waals surface area contributed by atoms with Crippen molar-refractivity contribution in [2.24, 2.45) is 11.3 Å². The van der Waals surface area contributed by atoms with Gasteiger partial charge in [0.1, 0.15) is 0 Å². The van der Waals surface area contributed by atoms with Crippen molar-refractivity contribution >= 4 is 5.97 Å². The van der Waals surface area contributed by atoms with E-state index in [0.717, 1.165) is 18.4 Å². The number of carboxylic acids is 1. The van der Waals surface area contributed by atoms with E-state index in [2.05, 4.69) is 20.8 Å². The van der Waals surface area contributed by atoms with Gasteiger partial charge >= 0.3 is 5.97 Å². The van der Waals surface area contributed by atoms with Crippen molar-refractivity contribution in [3.05, 3.63) is 35.9 Å². The highest BCUT2D eigenvalue weighted by Gasteiger charge is 2.47. The van der Waals surface area contributed by atoms with Gasteiger partial charge in [0, 0.05) is 5.41 Å². The van der Waals surface area contributed by atoms with Gasteiger partial charge in [0.25, 0.3) is 0 Å². The summed E-state index contributed by atoms with van der Waals surface area (Å²) in [5.41, 5.74) is -0.0313. The number of benzene rings is 1. The van der Waals surface area contributed by atoms with E-state index in [1.807, 2.05) is 44.2 Å². The number of rotatable bonds is 6. The molecule has 2 nitrogen and oxygen atoms in total. The van der Waals surface area contributed by atoms with E-state index >= 15 is 0 Å². The van der Waals surface area contributed by atoms with Gasteiger partial charge in [0.2, 0.25) is 0 Å². The van der Waals surface area contributed by atoms with Gasteiger partial charge in [-0.2, -0.15) is 0 Å². The molecule has 0 fully saturated rings. The summed E-state index contributed by atoms with van der Waals surface area (Å²) in [5.74, 6) is -0.157. The second kappa shape index (κ2) is 5.77. The summed E-state index contributed by atoms with van der Waals surface area (Å²) < 4.78 is 0. The Kier molecular flexibility index (Phi) is 4.78. The molecule has 0 radical (unpaired) electrons. The second-order valence-electron chi connectivity index (χ2n) is 6.56. The minimum Gasteiger partial charge on any atom is -0.481 e. The van der Waals surface area contributed by atoms with Gasteiger partial charge in [-0.1, -0.05) is 57.5 Å². The van der Waals surface area contributed by atoms with E-state index < -0.39 is 11.4 Å². The smallest absolute Gasteiger partial charge is 0.309 e. The van der Waals surface area contributed by atoms with E-state index in [0.29, 0.717) is 5.92 Å². The molecular weight excluding hydrogens is 236 g/mol. The molecule has 1 atom stereocenters. The lowest BCUT2D eigenvalue weighted by Gasteiger charge is -2.42. The highest BCUT2D eigenvalue weighted by molar-refractivity contribution is 5.76. The Morgan fingerprint density at radius 2 is 1.68 bits per heavy atom. The average molecular weight is 262 g/mol. The molecule has 19 heavy (non-hydrogen) atoms. The molecule has 0 amide bonds. The fraction of sp³-hybridized carbons (Fsp3) is 0.588. The first kappa shape index (κ1) is 15.7. The van der Waals surface area contributed by atoms with Crippen molar-refractivity contribution in [1.29, 1.82) is 0 Å². The molecule has 0 aliphatic carbocycles. The quantitative estimate of drug-likeness (QED) is 0.820. The van der Waals surface area contributed by atoms with Crippen LogP contribution in [0.3, 0.4) is 0 Å². The Labute approximate surface area is 116 Å². The van der Waals surface area contributed by atoms with Crippen molar-refractivity contribution in [3.63, 3.8) is 0 Å². The van der Waals surface area contributed by atoms with Crippen LogP contribution in [0.1, 0.15) is 53.0 Å². The van der Waals surface area contributed by atoms with Gasteiger partial charge in [-0.3, -0.25) is 4.79 Å². The lowest BCUT2D eigenvalue weighted by Crippen LogP contribution is -2.45. The van der Waals surface area contributed by atoms with Crippen LogP contribution in [0.25, 0.3) is 0 Å². The number of carbonyl (C=O) groups is 1. The SMILES string of the molecule is CC(C)CCC(C)(c1ccccc1)C(C)(C)C(=O)O. The van der Waals surface area contributed by atoms with Gasteiger partial charge in [0.05, 0.1) is 5.41 Å². The van der Waals surface area contributed by atoms with Gasteiger partial charge in [-0.25, -0.2) is 0 Å². The van der Waals surface area contributed by atoms with Crippen LogP contribution < -0.4 is 0 Å². The topological polar surface area (TPSA) is 37.3 Å². The molecule has 1 aromatic rings. The summed E-state index contributed by atoms with van der Waals surface area (Å²) in [6.07, 6.45) is 1.91. The second-order valence-corrected chi connectivity index (χ2v) is 6.56. The van der Waals surface area contributed by atoms with Crippen LogP contribution in [0.15, 0.2) is 30.3 Å². The fourth-order valence-corrected chi connectivity index (χ4v) is 2.44. The maximum Gasteiger partial charge on any atom is 0.309 e. The van der Waals surface area contributed by atoms with Crippen molar-refractivity contribution in [2.45, 2.75) is 52.9 Å². The average Bonchev–Trinajstić information content (AvgIpc) is 2.36. The third kappa shape index (κ3) is 3.17. The normalized spacial score (nSPS) is 15.3. The van der Waals surface area contributed by atoms with Crippen LogP contribution in [0.2, 0.25) is 0 Å². The van der Waals surface area contributed by atoms with Crippen LogP contribution in [0.5, 0.6) is 0 Å². The van der Waals surface area contributed by atoms with E-state index in [4.69, 9.17) is 0 Å². The Morgan fingerprint density at radius 1 is 1.16 bits per heavy atom. The minimum absolute atomic E-state index is 0.357. The first-order valence-electron chi connectivity index (χ1n) is 7.00. The number of hydrogen-bond donors (Lipinski definition) is 1. The molecule has 1 N–H and O–H groups in total. The summed E-state index contributed by atoms with van der Waals surface area (Å²) in [6, 6.07) is 10.0. The van der Waals surface area contributed by atoms with E-state index in [-0.39, 0.29) is 5.41 Å². The maximum absolute atomic E-state index is 11.7. The van der Waals surface area contributed by atoms with E-state index in [1.54, 1.807) is 0 Å². The monoisotopic (exact) mass is 262 g/mol. The van der Waals surface area contributed by atoms with Crippen LogP contribution in [0, 0.1) is 11.3 Å². The van der Waals surface area contributed by atoms with Crippen molar-refractivity contribution in [3.8, 4) is 0 Å². The first-order chi connectivity index (χ1) is 8.72. The molecule has 0 saturated heterocycles. The molecule has 1 rings (SSSR count). The lowest BCUT2D eigenvalue weighted by atomic mass is 9.60. The fourth-order valence-electron chi connectivity index (χ4n) is 2.44. The van der Waals surface area contributed by atoms with Gasteiger partial charge in [-0.05, 0) is 31.7 Å². The van der Waals surface area contributed by atoms with Crippen LogP contribution in [-0.4, -0.2) is 11.1 Å². The molecule has 0 saturated carbocycles. The number of aliphatic carboxylic acids is 1. The highest BCUT2D eigenvalue weighted by atomic mass is 16.4. The standard InChI is InChI=1S/C17H26O2/c1-13(2)11-12-17(5,16(3,4)15(18)19)14-9-7-6-8-10-14/h6-10,13H,11-12H2,1-5H3,(H,18,19). The molecule has 0 aromatic heterocycles. The largest absolute Gasteiger partial charge is 0.481 e. The molecule has 1 unspecified atom stereocenters. The molecule has 106 valence electrons. The zero-order valence-corrected chi connectivity index (χ0v) is 12.7. The molecule has 1 aromatic carbocycles. The summed E-state index contributed by atoms with van der Waals surface area (Å²) in [6.45, 7) is 10.1. The molecule has 0 spiro atoms. The molecule has 0 heterocycles. The molecular formula is C17H26O2. The predicted octanol–water partition coefficient (Wildman–Crippen LogP) is 4.49. The number of carboxylic acid groups (broad SMARTS) is 1. The van der Waals surface area contributed by atoms with Gasteiger partial charge in [-0.15, -0.1) is 0 Å². The Morgan fingerprint density at radius 3 is 2.11 bits per heavy atom. The molecule has 0 bridgehead atoms. The van der Waals surface area contributed by atoms with Crippen molar-refractivity contribution in [2.75, 3.05) is 0 Å². The molecule has 0 aliphatic heterocycles. The summed E-state index contributed by atoms with van der Waals surface area (Å²) >= 11 is 0. The van der Waals surface area contributed by atoms with Gasteiger partial charge in [0.15, 0.2) is 0 Å². The van der Waals surface area contributed by atoms with E-state index in [9.17, 15) is 9.90 Å². The van der Waals surface area contributed by atoms with Crippen molar-refractivity contribution < 1.29 is 9.90 Å². The molecule has 0 aliphatic rings. The third-order valence-corrected chi connectivity index (χ3v) is 4.55. The number of hydrogen-bond acceptors (Lipinski definition) is 1. The summed E-state index contributed by atoms with van der Waals surface area (Å²) in [7, 11) is 0. The van der Waals surface area contributed by atoms with Crippen LogP contribution in [0.4, 0.5) is 0 Å².